The van der Waals surface area contributed by atoms with Crippen molar-refractivity contribution in [1.82, 2.24) is 4.90 Å². The molecule has 4 N–H and O–H groups in total. The summed E-state index contributed by atoms with van der Waals surface area (Å²) < 4.78 is 22.9. The minimum Gasteiger partial charge on any atom is -0.397 e. The number of hydrogen-bond donors (Lipinski definition) is 2. The molecule has 6 nitrogen and oxygen atoms in total. The lowest BCUT2D eigenvalue weighted by atomic mass is 10.2. The Bertz CT molecular complexity index is 566. The maximum Gasteiger partial charge on any atom is 0.238 e. The van der Waals surface area contributed by atoms with Gasteiger partial charge in [-0.25, -0.2) is 13.6 Å². The van der Waals surface area contributed by atoms with Crippen molar-refractivity contribution in [2.24, 2.45) is 5.14 Å². The normalized spacial score (nSPS) is 17.4. The number of benzene rings is 1. The molecule has 1 aliphatic heterocycles. The third-order valence-corrected chi connectivity index (χ3v) is 4.49. The van der Waals surface area contributed by atoms with Gasteiger partial charge in [0.15, 0.2) is 0 Å². The molecule has 1 aromatic rings. The van der Waals surface area contributed by atoms with Crippen molar-refractivity contribution in [3.05, 3.63) is 18.2 Å². The van der Waals surface area contributed by atoms with E-state index in [2.05, 4.69) is 16.7 Å². The molecule has 0 aliphatic carbocycles. The summed E-state index contributed by atoms with van der Waals surface area (Å²) in [7, 11) is -3.69. The minimum absolute atomic E-state index is 0.109. The van der Waals surface area contributed by atoms with Gasteiger partial charge in [-0.3, -0.25) is 4.90 Å². The van der Waals surface area contributed by atoms with Gasteiger partial charge < -0.3 is 10.6 Å². The lowest BCUT2D eigenvalue weighted by Gasteiger charge is -2.36. The summed E-state index contributed by atoms with van der Waals surface area (Å²) in [4.78, 5) is 4.63. The third-order valence-electron chi connectivity index (χ3n) is 3.58. The first-order valence-electron chi connectivity index (χ1n) is 6.81. The fourth-order valence-corrected chi connectivity index (χ4v) is 3.04. The molecule has 7 heteroatoms. The van der Waals surface area contributed by atoms with Gasteiger partial charge >= 0.3 is 0 Å². The predicted octanol–water partition coefficient (Wildman–Crippen LogP) is 0.448. The Balaban J connectivity index is 2.17. The molecule has 20 heavy (non-hydrogen) atoms. The molecular weight excluding hydrogens is 276 g/mol. The minimum atomic E-state index is -3.69. The van der Waals surface area contributed by atoms with Gasteiger partial charge in [-0.15, -0.1) is 0 Å². The van der Waals surface area contributed by atoms with Gasteiger partial charge in [0.1, 0.15) is 0 Å². The first kappa shape index (κ1) is 15.1. The smallest absolute Gasteiger partial charge is 0.238 e. The van der Waals surface area contributed by atoms with E-state index in [1.165, 1.54) is 6.07 Å². The molecule has 1 aromatic carbocycles. The van der Waals surface area contributed by atoms with Crippen LogP contribution in [0.2, 0.25) is 0 Å². The first-order chi connectivity index (χ1) is 9.41. The van der Waals surface area contributed by atoms with Crippen molar-refractivity contribution >= 4 is 21.4 Å². The van der Waals surface area contributed by atoms with Crippen LogP contribution in [-0.2, 0) is 10.0 Å². The molecule has 0 aromatic heterocycles. The van der Waals surface area contributed by atoms with Crippen molar-refractivity contribution in [1.29, 1.82) is 0 Å². The van der Waals surface area contributed by atoms with Crippen molar-refractivity contribution in [2.75, 3.05) is 43.4 Å². The predicted molar refractivity (Wildman–Crippen MR) is 81.2 cm³/mol. The number of nitrogens with two attached hydrogens (primary N) is 2. The van der Waals surface area contributed by atoms with Crippen LogP contribution in [0.4, 0.5) is 11.4 Å². The monoisotopic (exact) mass is 298 g/mol. The molecule has 1 aliphatic rings. The molecular formula is C13H22N4O2S. The number of sulfonamides is 1. The van der Waals surface area contributed by atoms with Gasteiger partial charge in [-0.2, -0.15) is 0 Å². The Morgan fingerprint density at radius 2 is 1.85 bits per heavy atom. The standard InChI is InChI=1S/C13H22N4O2S/c1-2-5-16-6-8-17(9-7-16)13-10-11(20(15,18)19)3-4-12(13)14/h3-4,10H,2,5-9,14H2,1H3,(H2,15,18,19). The van der Waals surface area contributed by atoms with Gasteiger partial charge in [-0.1, -0.05) is 6.92 Å². The van der Waals surface area contributed by atoms with Crippen LogP contribution < -0.4 is 15.8 Å². The Kier molecular flexibility index (Phi) is 4.52. The van der Waals surface area contributed by atoms with Crippen molar-refractivity contribution in [2.45, 2.75) is 18.2 Å². The molecule has 1 heterocycles. The molecule has 0 amide bonds. The van der Waals surface area contributed by atoms with E-state index in [0.29, 0.717) is 5.69 Å². The van der Waals surface area contributed by atoms with Gasteiger partial charge in [0.05, 0.1) is 16.3 Å². The van der Waals surface area contributed by atoms with Crippen molar-refractivity contribution in [3.8, 4) is 0 Å². The topological polar surface area (TPSA) is 92.7 Å². The van der Waals surface area contributed by atoms with Gasteiger partial charge in [-0.05, 0) is 31.2 Å². The molecule has 2 rings (SSSR count). The molecule has 0 unspecified atom stereocenters. The zero-order chi connectivity index (χ0) is 14.8. The van der Waals surface area contributed by atoms with E-state index >= 15 is 0 Å². The summed E-state index contributed by atoms with van der Waals surface area (Å²) in [5.41, 5.74) is 7.31. The van der Waals surface area contributed by atoms with E-state index in [4.69, 9.17) is 10.9 Å². The fraction of sp³-hybridized carbons (Fsp3) is 0.538. The lowest BCUT2D eigenvalue weighted by molar-refractivity contribution is 0.258. The molecule has 1 fully saturated rings. The third kappa shape index (κ3) is 3.41. The Hall–Kier alpha value is -1.31. The maximum atomic E-state index is 11.4. The number of primary sulfonamides is 1. The van der Waals surface area contributed by atoms with E-state index in [0.717, 1.165) is 44.8 Å². The average molecular weight is 298 g/mol. The molecule has 112 valence electrons. The largest absolute Gasteiger partial charge is 0.397 e. The molecule has 1 saturated heterocycles. The first-order valence-corrected chi connectivity index (χ1v) is 8.36. The van der Waals surface area contributed by atoms with Crippen LogP contribution in [0.1, 0.15) is 13.3 Å². The molecule has 0 saturated carbocycles. The average Bonchev–Trinajstić information content (AvgIpc) is 2.39. The highest BCUT2D eigenvalue weighted by Crippen LogP contribution is 2.27. The zero-order valence-electron chi connectivity index (χ0n) is 11.7. The van der Waals surface area contributed by atoms with Crippen LogP contribution in [-0.4, -0.2) is 46.0 Å². The van der Waals surface area contributed by atoms with Crippen molar-refractivity contribution in [3.63, 3.8) is 0 Å². The Morgan fingerprint density at radius 3 is 2.40 bits per heavy atom. The summed E-state index contributed by atoms with van der Waals surface area (Å²) in [6.45, 7) is 6.89. The van der Waals surface area contributed by atoms with Gasteiger partial charge in [0.2, 0.25) is 10.0 Å². The van der Waals surface area contributed by atoms with E-state index in [1.54, 1.807) is 12.1 Å². The second-order valence-corrected chi connectivity index (χ2v) is 6.66. The highest BCUT2D eigenvalue weighted by Gasteiger charge is 2.19. The number of piperazine rings is 1. The van der Waals surface area contributed by atoms with Crippen LogP contribution in [0.25, 0.3) is 0 Å². The second-order valence-electron chi connectivity index (χ2n) is 5.09. The van der Waals surface area contributed by atoms with Crippen LogP contribution in [0.5, 0.6) is 0 Å². The fourth-order valence-electron chi connectivity index (χ4n) is 2.50. The highest BCUT2D eigenvalue weighted by molar-refractivity contribution is 7.89. The quantitative estimate of drug-likeness (QED) is 0.787. The van der Waals surface area contributed by atoms with E-state index in [-0.39, 0.29) is 4.90 Å². The summed E-state index contributed by atoms with van der Waals surface area (Å²) in [5.74, 6) is 0. The summed E-state index contributed by atoms with van der Waals surface area (Å²) in [5, 5.41) is 5.17. The summed E-state index contributed by atoms with van der Waals surface area (Å²) in [6, 6.07) is 4.62. The molecule has 0 spiro atoms. The van der Waals surface area contributed by atoms with Gasteiger partial charge in [0.25, 0.3) is 0 Å². The number of rotatable bonds is 4. The zero-order valence-corrected chi connectivity index (χ0v) is 12.6. The molecule has 0 atom stereocenters. The SMILES string of the molecule is CCCN1CCN(c2cc(S(N)(=O)=O)ccc2N)CC1. The van der Waals surface area contributed by atoms with Crippen LogP contribution >= 0.6 is 0 Å². The number of anilines is 2. The van der Waals surface area contributed by atoms with E-state index < -0.39 is 10.0 Å². The highest BCUT2D eigenvalue weighted by atomic mass is 32.2. The number of nitrogens with zero attached hydrogens (tertiary/aromatic N) is 2. The lowest BCUT2D eigenvalue weighted by Crippen LogP contribution is -2.46. The Labute approximate surface area is 120 Å². The van der Waals surface area contributed by atoms with E-state index in [9.17, 15) is 8.42 Å². The maximum absolute atomic E-state index is 11.4. The summed E-state index contributed by atoms with van der Waals surface area (Å²) >= 11 is 0. The van der Waals surface area contributed by atoms with Crippen LogP contribution in [0.3, 0.4) is 0 Å². The van der Waals surface area contributed by atoms with Gasteiger partial charge in [0, 0.05) is 26.2 Å². The summed E-state index contributed by atoms with van der Waals surface area (Å²) in [6.07, 6.45) is 1.14. The number of nitrogen functional groups attached to an aromatic ring is 1. The number of hydrogen-bond acceptors (Lipinski definition) is 5. The van der Waals surface area contributed by atoms with Crippen LogP contribution in [0.15, 0.2) is 23.1 Å². The molecule has 0 radical (unpaired) electrons. The van der Waals surface area contributed by atoms with E-state index in [1.807, 2.05) is 0 Å². The van der Waals surface area contributed by atoms with Crippen LogP contribution in [0, 0.1) is 0 Å². The second kappa shape index (κ2) is 5.99. The molecule has 0 bridgehead atoms. The van der Waals surface area contributed by atoms with Crippen molar-refractivity contribution < 1.29 is 8.42 Å². The Morgan fingerprint density at radius 1 is 1.20 bits per heavy atom.